The van der Waals surface area contributed by atoms with Gasteiger partial charge in [-0.3, -0.25) is 19.7 Å². The van der Waals surface area contributed by atoms with Gasteiger partial charge in [0.2, 0.25) is 5.95 Å². The number of rotatable bonds is 5. The zero-order valence-corrected chi connectivity index (χ0v) is 19.0. The number of amides is 1. The van der Waals surface area contributed by atoms with Gasteiger partial charge in [0.25, 0.3) is 5.56 Å². The minimum absolute atomic E-state index is 0.0543. The van der Waals surface area contributed by atoms with E-state index in [4.69, 9.17) is 9.47 Å². The molecule has 3 atom stereocenters. The minimum Gasteiger partial charge on any atom is -0.448 e. The molecule has 36 heavy (non-hydrogen) atoms. The van der Waals surface area contributed by atoms with E-state index in [1.165, 1.54) is 10.9 Å². The quantitative estimate of drug-likeness (QED) is 0.333. The highest BCUT2D eigenvalue weighted by molar-refractivity contribution is 5.84. The molecule has 6 rings (SSSR count). The van der Waals surface area contributed by atoms with E-state index in [9.17, 15) is 19.8 Å². The van der Waals surface area contributed by atoms with Crippen molar-refractivity contribution in [2.75, 3.05) is 18.5 Å². The van der Waals surface area contributed by atoms with Gasteiger partial charge in [-0.15, -0.1) is 0 Å². The molecule has 1 unspecified atom stereocenters. The average Bonchev–Trinajstić information content (AvgIpc) is 3.56. The number of anilines is 1. The first kappa shape index (κ1) is 22.4. The molecule has 1 saturated heterocycles. The molecule has 1 amide bonds. The van der Waals surface area contributed by atoms with Gasteiger partial charge < -0.3 is 19.7 Å². The Morgan fingerprint density at radius 2 is 1.86 bits per heavy atom. The number of hydrogen-bond acceptors (Lipinski definition) is 8. The van der Waals surface area contributed by atoms with Crippen LogP contribution in [0.1, 0.15) is 29.7 Å². The summed E-state index contributed by atoms with van der Waals surface area (Å²) in [6.45, 7) is -0.229. The van der Waals surface area contributed by atoms with E-state index >= 15 is 0 Å². The molecular weight excluding hydrogens is 466 g/mol. The van der Waals surface area contributed by atoms with Crippen molar-refractivity contribution in [2.45, 2.75) is 30.8 Å². The van der Waals surface area contributed by atoms with Gasteiger partial charge in [0.1, 0.15) is 18.9 Å². The highest BCUT2D eigenvalue weighted by Crippen LogP contribution is 2.44. The second-order valence-electron chi connectivity index (χ2n) is 8.80. The summed E-state index contributed by atoms with van der Waals surface area (Å²) in [5.41, 5.74) is 4.09. The molecular formula is C25H23N5O6. The SMILES string of the molecule is O=C(Nc1nc2c(ncn2[C@H]2CC(O)[C@@H](CO)O2)c(=O)[nH]1)OCC1c2ccccc2-c2ccccc21. The molecule has 2 aromatic heterocycles. The molecule has 4 aromatic rings. The number of benzene rings is 2. The fourth-order valence-electron chi connectivity index (χ4n) is 4.98. The van der Waals surface area contributed by atoms with Crippen LogP contribution in [0.15, 0.2) is 59.7 Å². The Balaban J connectivity index is 1.20. The molecule has 1 aliphatic carbocycles. The van der Waals surface area contributed by atoms with Gasteiger partial charge >= 0.3 is 6.09 Å². The van der Waals surface area contributed by atoms with Gasteiger partial charge in [-0.25, -0.2) is 9.78 Å². The first-order chi connectivity index (χ1) is 17.5. The van der Waals surface area contributed by atoms with Crippen LogP contribution in [0.4, 0.5) is 10.7 Å². The predicted molar refractivity (Wildman–Crippen MR) is 128 cm³/mol. The highest BCUT2D eigenvalue weighted by atomic mass is 16.6. The number of nitrogens with zero attached hydrogens (tertiary/aromatic N) is 3. The van der Waals surface area contributed by atoms with Crippen molar-refractivity contribution in [3.05, 3.63) is 76.3 Å². The lowest BCUT2D eigenvalue weighted by Crippen LogP contribution is -2.24. The maximum absolute atomic E-state index is 12.6. The second-order valence-corrected chi connectivity index (χ2v) is 8.80. The Morgan fingerprint density at radius 3 is 2.53 bits per heavy atom. The predicted octanol–water partition coefficient (Wildman–Crippen LogP) is 2.12. The number of fused-ring (bicyclic) bond motifs is 4. The molecule has 3 heterocycles. The zero-order chi connectivity index (χ0) is 24.8. The van der Waals surface area contributed by atoms with Crippen molar-refractivity contribution in [1.82, 2.24) is 19.5 Å². The molecule has 0 radical (unpaired) electrons. The molecule has 2 aromatic carbocycles. The van der Waals surface area contributed by atoms with Crippen LogP contribution in [-0.2, 0) is 9.47 Å². The molecule has 184 valence electrons. The van der Waals surface area contributed by atoms with Crippen LogP contribution in [0, 0.1) is 0 Å². The number of aliphatic hydroxyl groups excluding tert-OH is 2. The van der Waals surface area contributed by atoms with E-state index in [1.807, 2.05) is 36.4 Å². The lowest BCUT2D eigenvalue weighted by atomic mass is 9.98. The van der Waals surface area contributed by atoms with Crippen LogP contribution in [0.5, 0.6) is 0 Å². The zero-order valence-electron chi connectivity index (χ0n) is 19.0. The normalized spacial score (nSPS) is 20.9. The summed E-state index contributed by atoms with van der Waals surface area (Å²) < 4.78 is 12.7. The van der Waals surface area contributed by atoms with Crippen LogP contribution in [0.3, 0.4) is 0 Å². The van der Waals surface area contributed by atoms with Crippen LogP contribution in [0.25, 0.3) is 22.3 Å². The van der Waals surface area contributed by atoms with Crippen molar-refractivity contribution >= 4 is 23.2 Å². The first-order valence-corrected chi connectivity index (χ1v) is 11.6. The van der Waals surface area contributed by atoms with E-state index in [-0.39, 0.29) is 42.7 Å². The number of nitrogens with one attached hydrogen (secondary N) is 2. The summed E-state index contributed by atoms with van der Waals surface area (Å²) in [5, 5.41) is 21.9. The van der Waals surface area contributed by atoms with E-state index in [2.05, 4.69) is 32.4 Å². The summed E-state index contributed by atoms with van der Waals surface area (Å²) in [6.07, 6.45) is -1.47. The van der Waals surface area contributed by atoms with Gasteiger partial charge in [-0.2, -0.15) is 4.98 Å². The number of ether oxygens (including phenoxy) is 2. The maximum atomic E-state index is 12.6. The molecule has 11 nitrogen and oxygen atoms in total. The number of hydrogen-bond donors (Lipinski definition) is 4. The number of imidazole rings is 1. The van der Waals surface area contributed by atoms with Crippen molar-refractivity contribution in [2.24, 2.45) is 0 Å². The summed E-state index contributed by atoms with van der Waals surface area (Å²) in [6, 6.07) is 16.0. The number of carbonyl (C=O) groups is 1. The lowest BCUT2D eigenvalue weighted by Gasteiger charge is -2.15. The van der Waals surface area contributed by atoms with E-state index in [0.29, 0.717) is 0 Å². The number of aromatic nitrogens is 4. The smallest absolute Gasteiger partial charge is 0.414 e. The third-order valence-electron chi connectivity index (χ3n) is 6.69. The second kappa shape index (κ2) is 8.86. The first-order valence-electron chi connectivity index (χ1n) is 11.6. The minimum atomic E-state index is -0.863. The van der Waals surface area contributed by atoms with Crippen LogP contribution < -0.4 is 10.9 Å². The maximum Gasteiger partial charge on any atom is 0.414 e. The van der Waals surface area contributed by atoms with Gasteiger partial charge in [0.15, 0.2) is 11.2 Å². The molecule has 11 heteroatoms. The van der Waals surface area contributed by atoms with E-state index < -0.39 is 30.1 Å². The molecule has 0 bridgehead atoms. The largest absolute Gasteiger partial charge is 0.448 e. The molecule has 4 N–H and O–H groups in total. The summed E-state index contributed by atoms with van der Waals surface area (Å²) in [4.78, 5) is 36.1. The van der Waals surface area contributed by atoms with Gasteiger partial charge in [-0.05, 0) is 22.3 Å². The standard InChI is InChI=1S/C25H23N5O6/c31-10-19-18(32)9-20(36-19)30-12-26-21-22(30)27-24(28-23(21)33)29-25(34)35-11-17-15-7-3-1-5-13(15)14-6-2-4-8-16(14)17/h1-8,12,17-20,31-32H,9-11H2,(H2,27,28,29,33,34)/t18?,19-,20-/m1/s1. The van der Waals surface area contributed by atoms with Crippen LogP contribution in [0.2, 0.25) is 0 Å². The molecule has 2 aliphatic rings. The molecule has 1 aliphatic heterocycles. The molecule has 1 fully saturated rings. The average molecular weight is 489 g/mol. The molecule has 0 saturated carbocycles. The Labute approximate surface area is 204 Å². The van der Waals surface area contributed by atoms with Crippen LogP contribution >= 0.6 is 0 Å². The third kappa shape index (κ3) is 3.73. The van der Waals surface area contributed by atoms with Crippen molar-refractivity contribution in [1.29, 1.82) is 0 Å². The van der Waals surface area contributed by atoms with Crippen molar-refractivity contribution in [3.8, 4) is 11.1 Å². The molecule has 0 spiro atoms. The Bertz CT molecular complexity index is 1470. The Morgan fingerprint density at radius 1 is 1.17 bits per heavy atom. The fourth-order valence-corrected chi connectivity index (χ4v) is 4.98. The monoisotopic (exact) mass is 489 g/mol. The topological polar surface area (TPSA) is 152 Å². The van der Waals surface area contributed by atoms with Gasteiger partial charge in [0.05, 0.1) is 19.0 Å². The highest BCUT2D eigenvalue weighted by Gasteiger charge is 2.35. The summed E-state index contributed by atoms with van der Waals surface area (Å²) in [7, 11) is 0. The lowest BCUT2D eigenvalue weighted by molar-refractivity contribution is -0.0432. The van der Waals surface area contributed by atoms with Crippen LogP contribution in [-0.4, -0.2) is 61.2 Å². The number of carbonyl (C=O) groups excluding carboxylic acids is 1. The Kier molecular flexibility index (Phi) is 5.52. The van der Waals surface area contributed by atoms with E-state index in [0.717, 1.165) is 22.3 Å². The number of aromatic amines is 1. The third-order valence-corrected chi connectivity index (χ3v) is 6.69. The fraction of sp³-hybridized carbons (Fsp3) is 0.280. The van der Waals surface area contributed by atoms with Crippen molar-refractivity contribution < 1.29 is 24.5 Å². The van der Waals surface area contributed by atoms with Gasteiger partial charge in [-0.1, -0.05) is 48.5 Å². The number of aliphatic hydroxyl groups is 2. The van der Waals surface area contributed by atoms with Crippen molar-refractivity contribution in [3.63, 3.8) is 0 Å². The summed E-state index contributed by atoms with van der Waals surface area (Å²) in [5.74, 6) is -0.215. The summed E-state index contributed by atoms with van der Waals surface area (Å²) >= 11 is 0. The Hall–Kier alpha value is -4.06. The van der Waals surface area contributed by atoms with Gasteiger partial charge in [0, 0.05) is 12.3 Å². The number of H-pyrrole nitrogens is 1. The van der Waals surface area contributed by atoms with E-state index in [1.54, 1.807) is 0 Å².